The fourth-order valence-corrected chi connectivity index (χ4v) is 4.66. The summed E-state index contributed by atoms with van der Waals surface area (Å²) in [5, 5.41) is 26.9. The molecule has 134 valence electrons. The van der Waals surface area contributed by atoms with Crippen LogP contribution in [0.25, 0.3) is 11.2 Å². The van der Waals surface area contributed by atoms with Crippen LogP contribution in [-0.2, 0) is 4.79 Å². The molecular weight excluding hydrogens is 439 g/mol. The van der Waals surface area contributed by atoms with Gasteiger partial charge in [-0.15, -0.1) is 0 Å². The molecule has 2 unspecified atom stereocenters. The molecule has 25 heavy (non-hydrogen) atoms. The summed E-state index contributed by atoms with van der Waals surface area (Å²) in [7, 11) is 1.55. The van der Waals surface area contributed by atoms with Crippen LogP contribution >= 0.6 is 22.6 Å². The molecule has 2 saturated carbocycles. The highest BCUT2D eigenvalue weighted by atomic mass is 127. The zero-order chi connectivity index (χ0) is 17.9. The number of aromatic nitrogens is 4. The zero-order valence-corrected chi connectivity index (χ0v) is 15.9. The maximum absolute atomic E-state index is 12.3. The van der Waals surface area contributed by atoms with E-state index >= 15 is 0 Å². The molecule has 5 atom stereocenters. The Labute approximate surface area is 157 Å². The molecule has 0 aromatic carbocycles. The van der Waals surface area contributed by atoms with Gasteiger partial charge in [0.1, 0.15) is 6.10 Å². The molecule has 1 amide bonds. The minimum Gasteiger partial charge on any atom is -0.389 e. The van der Waals surface area contributed by atoms with Gasteiger partial charge < -0.3 is 25.4 Å². The van der Waals surface area contributed by atoms with Gasteiger partial charge in [0, 0.05) is 42.1 Å². The summed E-state index contributed by atoms with van der Waals surface area (Å²) < 4.78 is 2.33. The number of carbonyl (C=O) groups excluding carboxylic acids is 1. The van der Waals surface area contributed by atoms with E-state index in [1.807, 2.05) is 29.5 Å². The van der Waals surface area contributed by atoms with Gasteiger partial charge in [0.25, 0.3) is 0 Å². The van der Waals surface area contributed by atoms with Gasteiger partial charge in [-0.1, -0.05) is 0 Å². The molecule has 2 aliphatic carbocycles. The lowest BCUT2D eigenvalue weighted by Crippen LogP contribution is -2.41. The standard InChI is InChI=1S/C15H19IN6O3/c1-3-18-11-7-12(21-14(16)20-11)22(5-19-7)8-6-4-15(6,13(25)17-2)10(24)9(8)23/h5-6,8-10,23-24H,3-4H2,1-2H3,(H,17,25)(H,18,20,21)/t6?,8-,9?,10+,15-/m1/s1. The van der Waals surface area contributed by atoms with Crippen molar-refractivity contribution in [2.45, 2.75) is 31.6 Å². The number of fused-ring (bicyclic) bond motifs is 2. The molecule has 2 heterocycles. The number of imidazole rings is 1. The SMILES string of the molecule is CCNc1nc(I)nc2c1ncn2[C@H]1C(O)[C@H](O)[C@@]2(C(=O)NC)CC12. The molecule has 2 fully saturated rings. The van der Waals surface area contributed by atoms with Crippen molar-refractivity contribution in [3.63, 3.8) is 0 Å². The van der Waals surface area contributed by atoms with Gasteiger partial charge >= 0.3 is 0 Å². The number of rotatable bonds is 4. The van der Waals surface area contributed by atoms with E-state index in [-0.39, 0.29) is 11.8 Å². The number of hydrogen-bond donors (Lipinski definition) is 4. The summed E-state index contributed by atoms with van der Waals surface area (Å²) in [6.45, 7) is 2.67. The normalized spacial score (nSPS) is 33.3. The van der Waals surface area contributed by atoms with E-state index in [1.165, 1.54) is 0 Å². The molecule has 0 aliphatic heterocycles. The highest BCUT2D eigenvalue weighted by Gasteiger charge is 2.75. The minimum atomic E-state index is -1.10. The number of halogens is 1. The first-order chi connectivity index (χ1) is 12.0. The topological polar surface area (TPSA) is 125 Å². The van der Waals surface area contributed by atoms with Crippen LogP contribution in [0.3, 0.4) is 0 Å². The molecule has 0 saturated heterocycles. The van der Waals surface area contributed by atoms with Gasteiger partial charge in [0.05, 0.1) is 23.9 Å². The molecule has 2 aromatic heterocycles. The lowest BCUT2D eigenvalue weighted by molar-refractivity contribution is -0.132. The third kappa shape index (κ3) is 2.20. The Kier molecular flexibility index (Phi) is 3.88. The molecule has 2 aromatic rings. The molecule has 4 rings (SSSR count). The Hall–Kier alpha value is -1.53. The van der Waals surface area contributed by atoms with Gasteiger partial charge in [0.2, 0.25) is 5.91 Å². The number of anilines is 1. The van der Waals surface area contributed by atoms with Gasteiger partial charge in [0.15, 0.2) is 20.8 Å². The van der Waals surface area contributed by atoms with E-state index in [9.17, 15) is 15.0 Å². The largest absolute Gasteiger partial charge is 0.389 e. The second-order valence-electron chi connectivity index (χ2n) is 6.55. The predicted molar refractivity (Wildman–Crippen MR) is 97.9 cm³/mol. The third-order valence-corrected chi connectivity index (χ3v) is 5.86. The van der Waals surface area contributed by atoms with E-state index in [0.29, 0.717) is 33.8 Å². The molecule has 9 nitrogen and oxygen atoms in total. The summed E-state index contributed by atoms with van der Waals surface area (Å²) in [5.41, 5.74) is 0.286. The summed E-state index contributed by atoms with van der Waals surface area (Å²) in [6.07, 6.45) is -0.00946. The third-order valence-electron chi connectivity index (χ3n) is 5.38. The van der Waals surface area contributed by atoms with E-state index in [2.05, 4.69) is 25.6 Å². The van der Waals surface area contributed by atoms with Crippen LogP contribution in [0, 0.1) is 15.2 Å². The molecular formula is C15H19IN6O3. The van der Waals surface area contributed by atoms with Crippen LogP contribution < -0.4 is 10.6 Å². The maximum Gasteiger partial charge on any atom is 0.229 e. The summed E-state index contributed by atoms with van der Waals surface area (Å²) in [5.74, 6) is 0.260. The number of carbonyl (C=O) groups is 1. The Morgan fingerprint density at radius 1 is 1.48 bits per heavy atom. The van der Waals surface area contributed by atoms with Gasteiger partial charge in [-0.25, -0.2) is 15.0 Å². The summed E-state index contributed by atoms with van der Waals surface area (Å²) in [6, 6.07) is -0.447. The molecule has 0 bridgehead atoms. The fraction of sp³-hybridized carbons (Fsp3) is 0.600. The summed E-state index contributed by atoms with van der Waals surface area (Å²) in [4.78, 5) is 25.5. The lowest BCUT2D eigenvalue weighted by Gasteiger charge is -2.23. The van der Waals surface area contributed by atoms with Crippen molar-refractivity contribution < 1.29 is 15.0 Å². The number of nitrogens with one attached hydrogen (secondary N) is 2. The van der Waals surface area contributed by atoms with Crippen molar-refractivity contribution in [3.05, 3.63) is 10.2 Å². The smallest absolute Gasteiger partial charge is 0.229 e. The highest BCUT2D eigenvalue weighted by Crippen LogP contribution is 2.67. The van der Waals surface area contributed by atoms with Crippen LogP contribution in [0.4, 0.5) is 5.82 Å². The highest BCUT2D eigenvalue weighted by molar-refractivity contribution is 14.1. The van der Waals surface area contributed by atoms with Crippen LogP contribution in [0.1, 0.15) is 19.4 Å². The van der Waals surface area contributed by atoms with E-state index in [4.69, 9.17) is 0 Å². The summed E-state index contributed by atoms with van der Waals surface area (Å²) >= 11 is 2.04. The number of aliphatic hydroxyl groups is 2. The first-order valence-electron chi connectivity index (χ1n) is 8.18. The molecule has 4 N–H and O–H groups in total. The van der Waals surface area contributed by atoms with E-state index in [0.717, 1.165) is 0 Å². The number of amides is 1. The molecule has 10 heteroatoms. The Morgan fingerprint density at radius 3 is 2.92 bits per heavy atom. The second kappa shape index (κ2) is 5.74. The number of nitrogens with zero attached hydrogens (tertiary/aromatic N) is 4. The van der Waals surface area contributed by atoms with Gasteiger partial charge in [-0.3, -0.25) is 4.79 Å². The van der Waals surface area contributed by atoms with Crippen molar-refractivity contribution in [3.8, 4) is 0 Å². The van der Waals surface area contributed by atoms with E-state index in [1.54, 1.807) is 17.9 Å². The van der Waals surface area contributed by atoms with E-state index < -0.39 is 23.7 Å². The average Bonchev–Trinajstić information content (AvgIpc) is 3.13. The molecule has 0 radical (unpaired) electrons. The Bertz CT molecular complexity index is 857. The van der Waals surface area contributed by atoms with Crippen molar-refractivity contribution in [1.82, 2.24) is 24.8 Å². The van der Waals surface area contributed by atoms with Crippen LogP contribution in [-0.4, -0.2) is 61.4 Å². The van der Waals surface area contributed by atoms with Crippen molar-refractivity contribution in [2.75, 3.05) is 18.9 Å². The van der Waals surface area contributed by atoms with Crippen LogP contribution in [0.15, 0.2) is 6.33 Å². The maximum atomic E-state index is 12.3. The number of aliphatic hydroxyl groups excluding tert-OH is 2. The monoisotopic (exact) mass is 458 g/mol. The first-order valence-corrected chi connectivity index (χ1v) is 9.25. The van der Waals surface area contributed by atoms with Crippen molar-refractivity contribution >= 4 is 45.5 Å². The zero-order valence-electron chi connectivity index (χ0n) is 13.8. The predicted octanol–water partition coefficient (Wildman–Crippen LogP) is -0.109. The van der Waals surface area contributed by atoms with Crippen LogP contribution in [0.5, 0.6) is 0 Å². The van der Waals surface area contributed by atoms with Crippen molar-refractivity contribution in [2.24, 2.45) is 11.3 Å². The van der Waals surface area contributed by atoms with Gasteiger partial charge in [-0.05, 0) is 13.3 Å². The Balaban J connectivity index is 1.80. The van der Waals surface area contributed by atoms with Gasteiger partial charge in [-0.2, -0.15) is 0 Å². The Morgan fingerprint density at radius 2 is 2.24 bits per heavy atom. The fourth-order valence-electron chi connectivity index (χ4n) is 4.19. The van der Waals surface area contributed by atoms with Crippen LogP contribution in [0.2, 0.25) is 0 Å². The molecule has 0 spiro atoms. The average molecular weight is 458 g/mol. The lowest BCUT2D eigenvalue weighted by atomic mass is 9.98. The number of hydrogen-bond acceptors (Lipinski definition) is 7. The first kappa shape index (κ1) is 16.9. The minimum absolute atomic E-state index is 0.148. The second-order valence-corrected chi connectivity index (χ2v) is 7.52. The van der Waals surface area contributed by atoms with Crippen molar-refractivity contribution in [1.29, 1.82) is 0 Å². The quantitative estimate of drug-likeness (QED) is 0.372. The molecule has 2 aliphatic rings.